The largest absolute Gasteiger partial charge is 0.310 e. The Kier molecular flexibility index (Phi) is 5.13. The third-order valence-electron chi connectivity index (χ3n) is 4.72. The molecule has 3 rings (SSSR count). The van der Waals surface area contributed by atoms with E-state index in [-0.39, 0.29) is 18.1 Å². The van der Waals surface area contributed by atoms with E-state index in [0.29, 0.717) is 29.8 Å². The molecule has 2 aromatic rings. The molecule has 0 N–H and O–H groups in total. The van der Waals surface area contributed by atoms with Gasteiger partial charge in [-0.2, -0.15) is 5.26 Å². The van der Waals surface area contributed by atoms with Crippen molar-refractivity contribution < 1.29 is 9.18 Å². The Labute approximate surface area is 152 Å². The average molecular weight is 349 g/mol. The van der Waals surface area contributed by atoms with Gasteiger partial charge in [0.2, 0.25) is 5.91 Å². The van der Waals surface area contributed by atoms with Crippen LogP contribution in [-0.4, -0.2) is 25.2 Å². The summed E-state index contributed by atoms with van der Waals surface area (Å²) in [5.41, 5.74) is 4.31. The molecule has 0 spiro atoms. The lowest BCUT2D eigenvalue weighted by Crippen LogP contribution is -2.31. The molecule has 0 fully saturated rings. The zero-order valence-electron chi connectivity index (χ0n) is 14.9. The molecule has 0 saturated heterocycles. The van der Waals surface area contributed by atoms with Crippen LogP contribution in [0.15, 0.2) is 41.4 Å². The smallest absolute Gasteiger partial charge is 0.231 e. The monoisotopic (exact) mass is 349 g/mol. The highest BCUT2D eigenvalue weighted by atomic mass is 19.1. The van der Waals surface area contributed by atoms with E-state index in [1.54, 1.807) is 36.2 Å². The Balaban J connectivity index is 1.95. The van der Waals surface area contributed by atoms with E-state index in [2.05, 4.69) is 11.1 Å². The number of rotatable bonds is 4. The SMILES string of the molecule is CCC(=NC)c1cc(C#N)c2c(c1)CCN2C(=O)Cc1ccccc1F. The number of hydrogen-bond donors (Lipinski definition) is 0. The maximum atomic E-state index is 13.9. The summed E-state index contributed by atoms with van der Waals surface area (Å²) in [5, 5.41) is 9.60. The number of hydrogen-bond acceptors (Lipinski definition) is 3. The summed E-state index contributed by atoms with van der Waals surface area (Å²) < 4.78 is 13.9. The third kappa shape index (κ3) is 3.23. The van der Waals surface area contributed by atoms with Crippen LogP contribution in [0.2, 0.25) is 0 Å². The van der Waals surface area contributed by atoms with Crippen molar-refractivity contribution in [3.05, 3.63) is 64.5 Å². The van der Waals surface area contributed by atoms with Crippen molar-refractivity contribution in [3.63, 3.8) is 0 Å². The van der Waals surface area contributed by atoms with Gasteiger partial charge in [0, 0.05) is 19.3 Å². The topological polar surface area (TPSA) is 56.5 Å². The summed E-state index contributed by atoms with van der Waals surface area (Å²) in [7, 11) is 1.74. The first-order valence-electron chi connectivity index (χ1n) is 8.65. The number of nitrogens with zero attached hydrogens (tertiary/aromatic N) is 3. The van der Waals surface area contributed by atoms with Crippen LogP contribution in [0, 0.1) is 17.1 Å². The van der Waals surface area contributed by atoms with Crippen molar-refractivity contribution >= 4 is 17.3 Å². The number of halogens is 1. The van der Waals surface area contributed by atoms with Gasteiger partial charge in [-0.3, -0.25) is 9.79 Å². The van der Waals surface area contributed by atoms with E-state index in [9.17, 15) is 14.4 Å². The standard InChI is InChI=1S/C21H20FN3O/c1-3-19(24-2)16-10-15-8-9-25(21(15)17(11-16)13-23)20(26)12-14-6-4-5-7-18(14)22/h4-7,10-11H,3,8-9,12H2,1-2H3. The lowest BCUT2D eigenvalue weighted by Gasteiger charge is -2.19. The number of benzene rings is 2. The van der Waals surface area contributed by atoms with Crippen molar-refractivity contribution in [1.29, 1.82) is 5.26 Å². The van der Waals surface area contributed by atoms with Gasteiger partial charge in [-0.05, 0) is 47.7 Å². The quantitative estimate of drug-likeness (QED) is 0.791. The Bertz CT molecular complexity index is 927. The number of carbonyl (C=O) groups is 1. The first-order valence-corrected chi connectivity index (χ1v) is 8.65. The first kappa shape index (κ1) is 17.8. The number of aliphatic imine (C=N–C) groups is 1. The molecule has 0 radical (unpaired) electrons. The molecule has 26 heavy (non-hydrogen) atoms. The summed E-state index contributed by atoms with van der Waals surface area (Å²) >= 11 is 0. The molecule has 0 aliphatic carbocycles. The normalized spacial score (nSPS) is 13.5. The molecule has 132 valence electrons. The van der Waals surface area contributed by atoms with Gasteiger partial charge < -0.3 is 4.90 Å². The highest BCUT2D eigenvalue weighted by molar-refractivity contribution is 6.03. The van der Waals surface area contributed by atoms with E-state index in [1.807, 2.05) is 13.0 Å². The molecular weight excluding hydrogens is 329 g/mol. The lowest BCUT2D eigenvalue weighted by atomic mass is 9.99. The van der Waals surface area contributed by atoms with Crippen LogP contribution in [0.25, 0.3) is 0 Å². The molecule has 0 bridgehead atoms. The summed E-state index contributed by atoms with van der Waals surface area (Å²) in [6.07, 6.45) is 1.44. The average Bonchev–Trinajstić information content (AvgIpc) is 3.08. The highest BCUT2D eigenvalue weighted by Crippen LogP contribution is 2.34. The van der Waals surface area contributed by atoms with Gasteiger partial charge in [0.05, 0.1) is 17.7 Å². The molecule has 0 unspecified atom stereocenters. The van der Waals surface area contributed by atoms with E-state index in [0.717, 1.165) is 23.3 Å². The van der Waals surface area contributed by atoms with Gasteiger partial charge in [-0.1, -0.05) is 25.1 Å². The van der Waals surface area contributed by atoms with Crippen LogP contribution < -0.4 is 4.90 Å². The van der Waals surface area contributed by atoms with Crippen LogP contribution >= 0.6 is 0 Å². The number of fused-ring (bicyclic) bond motifs is 1. The summed E-state index contributed by atoms with van der Waals surface area (Å²) in [4.78, 5) is 18.6. The molecule has 1 amide bonds. The second-order valence-electron chi connectivity index (χ2n) is 6.23. The van der Waals surface area contributed by atoms with Gasteiger partial charge in [0.1, 0.15) is 11.9 Å². The fourth-order valence-corrected chi connectivity index (χ4v) is 3.44. The molecular formula is C21H20FN3O. The van der Waals surface area contributed by atoms with Crippen LogP contribution in [0.1, 0.15) is 35.6 Å². The van der Waals surface area contributed by atoms with Gasteiger partial charge >= 0.3 is 0 Å². The van der Waals surface area contributed by atoms with Crippen molar-refractivity contribution in [1.82, 2.24) is 0 Å². The van der Waals surface area contributed by atoms with Crippen molar-refractivity contribution in [2.24, 2.45) is 4.99 Å². The molecule has 1 aliphatic rings. The summed E-state index contributed by atoms with van der Waals surface area (Å²) in [6.45, 7) is 2.53. The van der Waals surface area contributed by atoms with Gasteiger partial charge in [0.25, 0.3) is 0 Å². The fraction of sp³-hybridized carbons (Fsp3) is 0.286. The molecule has 1 aliphatic heterocycles. The van der Waals surface area contributed by atoms with Crippen molar-refractivity contribution in [2.75, 3.05) is 18.5 Å². The van der Waals surface area contributed by atoms with Crippen LogP contribution in [0.5, 0.6) is 0 Å². The predicted molar refractivity (Wildman–Crippen MR) is 100 cm³/mol. The number of amides is 1. The van der Waals surface area contributed by atoms with Crippen LogP contribution in [-0.2, 0) is 17.6 Å². The number of carbonyl (C=O) groups excluding carboxylic acids is 1. The minimum absolute atomic E-state index is 0.0185. The van der Waals surface area contributed by atoms with Crippen LogP contribution in [0.3, 0.4) is 0 Å². The highest BCUT2D eigenvalue weighted by Gasteiger charge is 2.29. The molecule has 4 nitrogen and oxygen atoms in total. The zero-order valence-corrected chi connectivity index (χ0v) is 14.9. The minimum Gasteiger partial charge on any atom is -0.310 e. The van der Waals surface area contributed by atoms with Crippen molar-refractivity contribution in [3.8, 4) is 6.07 Å². The zero-order chi connectivity index (χ0) is 18.7. The summed E-state index contributed by atoms with van der Waals surface area (Å²) in [5.74, 6) is -0.583. The van der Waals surface area contributed by atoms with Gasteiger partial charge in [0.15, 0.2) is 0 Å². The Morgan fingerprint density at radius 2 is 2.12 bits per heavy atom. The van der Waals surface area contributed by atoms with E-state index >= 15 is 0 Å². The first-order chi connectivity index (χ1) is 12.6. The molecule has 0 aromatic heterocycles. The second kappa shape index (κ2) is 7.49. The molecule has 0 saturated carbocycles. The van der Waals surface area contributed by atoms with E-state index < -0.39 is 0 Å². The fourth-order valence-electron chi connectivity index (χ4n) is 3.44. The van der Waals surface area contributed by atoms with Crippen LogP contribution in [0.4, 0.5) is 10.1 Å². The van der Waals surface area contributed by atoms with E-state index in [1.165, 1.54) is 6.07 Å². The van der Waals surface area contributed by atoms with E-state index in [4.69, 9.17) is 0 Å². The van der Waals surface area contributed by atoms with Gasteiger partial charge in [-0.25, -0.2) is 4.39 Å². The third-order valence-corrected chi connectivity index (χ3v) is 4.72. The second-order valence-corrected chi connectivity index (χ2v) is 6.23. The summed E-state index contributed by atoms with van der Waals surface area (Å²) in [6, 6.07) is 12.3. The maximum Gasteiger partial charge on any atom is 0.231 e. The minimum atomic E-state index is -0.386. The molecule has 5 heteroatoms. The Hall–Kier alpha value is -3.00. The molecule has 0 atom stereocenters. The molecule has 2 aromatic carbocycles. The Morgan fingerprint density at radius 1 is 1.35 bits per heavy atom. The number of nitriles is 1. The predicted octanol–water partition coefficient (Wildman–Crippen LogP) is 3.66. The lowest BCUT2D eigenvalue weighted by molar-refractivity contribution is -0.117. The molecule has 1 heterocycles. The van der Waals surface area contributed by atoms with Crippen molar-refractivity contribution in [2.45, 2.75) is 26.2 Å². The maximum absolute atomic E-state index is 13.9. The number of anilines is 1. The Morgan fingerprint density at radius 3 is 2.77 bits per heavy atom. The van der Waals surface area contributed by atoms with Gasteiger partial charge in [-0.15, -0.1) is 0 Å².